The van der Waals surface area contributed by atoms with Gasteiger partial charge in [0.2, 0.25) is 0 Å². The summed E-state index contributed by atoms with van der Waals surface area (Å²) in [5.74, 6) is 1.15. The van der Waals surface area contributed by atoms with E-state index in [1.165, 1.54) is 10.9 Å². The Balaban J connectivity index is 2.16. The van der Waals surface area contributed by atoms with Gasteiger partial charge in [0.15, 0.2) is 0 Å². The zero-order valence-electron chi connectivity index (χ0n) is 10.4. The first-order valence-electron chi connectivity index (χ1n) is 6.01. The summed E-state index contributed by atoms with van der Waals surface area (Å²) in [6.45, 7) is 4.94. The molecule has 0 aliphatic rings. The molecule has 0 radical (unpaired) electrons. The average molecular weight is 249 g/mol. The number of benzene rings is 1. The van der Waals surface area contributed by atoms with Crippen LogP contribution in [0.1, 0.15) is 12.6 Å². The van der Waals surface area contributed by atoms with Gasteiger partial charge in [-0.1, -0.05) is 18.2 Å². The van der Waals surface area contributed by atoms with Gasteiger partial charge >= 0.3 is 0 Å². The first kappa shape index (κ1) is 12.5. The highest BCUT2D eigenvalue weighted by Gasteiger charge is 2.07. The van der Waals surface area contributed by atoms with Crippen LogP contribution in [-0.2, 0) is 13.1 Å². The van der Waals surface area contributed by atoms with Crippen molar-refractivity contribution >= 4 is 22.7 Å². The summed E-state index contributed by atoms with van der Waals surface area (Å²) >= 11 is 1.86. The molecular weight excluding hydrogens is 230 g/mol. The molecule has 1 aromatic carbocycles. The molecule has 17 heavy (non-hydrogen) atoms. The summed E-state index contributed by atoms with van der Waals surface area (Å²) in [5.41, 5.74) is 2.39. The fraction of sp³-hybridized carbons (Fsp3) is 0.462. The second-order valence-corrected chi connectivity index (χ2v) is 4.93. The number of fused-ring (bicyclic) bond motifs is 1. The second kappa shape index (κ2) is 6.07. The van der Waals surface area contributed by atoms with Crippen LogP contribution in [0.2, 0.25) is 0 Å². The van der Waals surface area contributed by atoms with Crippen LogP contribution in [-0.4, -0.2) is 28.3 Å². The molecule has 0 aliphatic heterocycles. The van der Waals surface area contributed by atoms with Gasteiger partial charge < -0.3 is 5.32 Å². The lowest BCUT2D eigenvalue weighted by molar-refractivity contribution is 0.643. The SMILES string of the molecule is CCn1nc(CNCCSC)c2ccccc21. The monoisotopic (exact) mass is 249 g/mol. The molecule has 4 heteroatoms. The highest BCUT2D eigenvalue weighted by Crippen LogP contribution is 2.18. The van der Waals surface area contributed by atoms with E-state index in [-0.39, 0.29) is 0 Å². The van der Waals surface area contributed by atoms with Gasteiger partial charge in [-0.3, -0.25) is 4.68 Å². The molecule has 0 amide bonds. The van der Waals surface area contributed by atoms with Crippen LogP contribution < -0.4 is 5.32 Å². The molecular formula is C13H19N3S. The summed E-state index contributed by atoms with van der Waals surface area (Å²) in [6.07, 6.45) is 2.13. The van der Waals surface area contributed by atoms with E-state index in [1.54, 1.807) is 0 Å². The van der Waals surface area contributed by atoms with Gasteiger partial charge in [-0.2, -0.15) is 16.9 Å². The zero-order chi connectivity index (χ0) is 12.1. The Labute approximate surface area is 107 Å². The van der Waals surface area contributed by atoms with Crippen molar-refractivity contribution in [3.05, 3.63) is 30.0 Å². The van der Waals surface area contributed by atoms with Crippen molar-refractivity contribution in [3.63, 3.8) is 0 Å². The number of hydrogen-bond donors (Lipinski definition) is 1. The molecule has 0 fully saturated rings. The number of para-hydroxylation sites is 1. The van der Waals surface area contributed by atoms with E-state index < -0.39 is 0 Å². The van der Waals surface area contributed by atoms with E-state index in [1.807, 2.05) is 11.8 Å². The lowest BCUT2D eigenvalue weighted by atomic mass is 10.2. The van der Waals surface area contributed by atoms with Crippen molar-refractivity contribution in [1.29, 1.82) is 0 Å². The summed E-state index contributed by atoms with van der Waals surface area (Å²) in [7, 11) is 0. The predicted molar refractivity (Wildman–Crippen MR) is 75.5 cm³/mol. The highest BCUT2D eigenvalue weighted by atomic mass is 32.2. The quantitative estimate of drug-likeness (QED) is 0.798. The standard InChI is InChI=1S/C13H19N3S/c1-3-16-13-7-5-4-6-11(13)12(15-16)10-14-8-9-17-2/h4-7,14H,3,8-10H2,1-2H3. The van der Waals surface area contributed by atoms with Crippen LogP contribution in [0.5, 0.6) is 0 Å². The summed E-state index contributed by atoms with van der Waals surface area (Å²) in [6, 6.07) is 8.44. The third-order valence-electron chi connectivity index (χ3n) is 2.81. The molecule has 3 nitrogen and oxygen atoms in total. The molecule has 0 spiro atoms. The molecule has 0 saturated heterocycles. The molecule has 1 aromatic heterocycles. The van der Waals surface area contributed by atoms with Gasteiger partial charge in [-0.25, -0.2) is 0 Å². The van der Waals surface area contributed by atoms with Gasteiger partial charge in [0.25, 0.3) is 0 Å². The third kappa shape index (κ3) is 2.82. The van der Waals surface area contributed by atoms with Crippen LogP contribution in [0.3, 0.4) is 0 Å². The fourth-order valence-electron chi connectivity index (χ4n) is 1.95. The Hall–Kier alpha value is -1.00. The summed E-state index contributed by atoms with van der Waals surface area (Å²) < 4.78 is 2.07. The van der Waals surface area contributed by atoms with Crippen LogP contribution in [0.4, 0.5) is 0 Å². The van der Waals surface area contributed by atoms with Crippen molar-refractivity contribution in [2.45, 2.75) is 20.0 Å². The summed E-state index contributed by atoms with van der Waals surface area (Å²) in [4.78, 5) is 0. The lowest BCUT2D eigenvalue weighted by Crippen LogP contribution is -2.17. The molecule has 0 aliphatic carbocycles. The highest BCUT2D eigenvalue weighted by molar-refractivity contribution is 7.98. The summed E-state index contributed by atoms with van der Waals surface area (Å²) in [5, 5.41) is 9.36. The number of hydrogen-bond acceptors (Lipinski definition) is 3. The molecule has 0 saturated carbocycles. The fourth-order valence-corrected chi connectivity index (χ4v) is 2.30. The first-order valence-corrected chi connectivity index (χ1v) is 7.40. The number of nitrogens with one attached hydrogen (secondary N) is 1. The molecule has 1 N–H and O–H groups in total. The zero-order valence-corrected chi connectivity index (χ0v) is 11.3. The van der Waals surface area contributed by atoms with Gasteiger partial charge in [-0.15, -0.1) is 0 Å². The Kier molecular flexibility index (Phi) is 4.45. The van der Waals surface area contributed by atoms with E-state index in [0.717, 1.165) is 31.1 Å². The predicted octanol–water partition coefficient (Wildman–Crippen LogP) is 2.51. The average Bonchev–Trinajstić information content (AvgIpc) is 2.73. The minimum Gasteiger partial charge on any atom is -0.310 e. The minimum atomic E-state index is 0.855. The Morgan fingerprint density at radius 3 is 2.94 bits per heavy atom. The maximum absolute atomic E-state index is 4.65. The van der Waals surface area contributed by atoms with Crippen molar-refractivity contribution in [3.8, 4) is 0 Å². The van der Waals surface area contributed by atoms with E-state index in [2.05, 4.69) is 52.5 Å². The van der Waals surface area contributed by atoms with Gasteiger partial charge in [0.05, 0.1) is 11.2 Å². The molecule has 92 valence electrons. The number of rotatable bonds is 6. The Morgan fingerprint density at radius 2 is 2.18 bits per heavy atom. The molecule has 0 bridgehead atoms. The van der Waals surface area contributed by atoms with Crippen molar-refractivity contribution in [2.24, 2.45) is 0 Å². The van der Waals surface area contributed by atoms with Gasteiger partial charge in [-0.05, 0) is 19.2 Å². The van der Waals surface area contributed by atoms with E-state index >= 15 is 0 Å². The first-order chi connectivity index (χ1) is 8.36. The molecule has 2 rings (SSSR count). The van der Waals surface area contributed by atoms with E-state index in [9.17, 15) is 0 Å². The minimum absolute atomic E-state index is 0.855. The van der Waals surface area contributed by atoms with Crippen molar-refractivity contribution in [2.75, 3.05) is 18.6 Å². The van der Waals surface area contributed by atoms with Crippen LogP contribution in [0.15, 0.2) is 24.3 Å². The number of nitrogens with zero attached hydrogens (tertiary/aromatic N) is 2. The topological polar surface area (TPSA) is 29.9 Å². The van der Waals surface area contributed by atoms with Crippen LogP contribution in [0, 0.1) is 0 Å². The molecule has 2 aromatic rings. The number of thioether (sulfide) groups is 1. The normalized spacial score (nSPS) is 11.2. The van der Waals surface area contributed by atoms with E-state index in [0.29, 0.717) is 0 Å². The second-order valence-electron chi connectivity index (χ2n) is 3.95. The number of aryl methyl sites for hydroxylation is 1. The Bertz CT molecular complexity index is 478. The maximum Gasteiger partial charge on any atom is 0.0841 e. The lowest BCUT2D eigenvalue weighted by Gasteiger charge is -2.00. The maximum atomic E-state index is 4.65. The number of aromatic nitrogens is 2. The van der Waals surface area contributed by atoms with Crippen molar-refractivity contribution < 1.29 is 0 Å². The smallest absolute Gasteiger partial charge is 0.0841 e. The molecule has 0 unspecified atom stereocenters. The largest absolute Gasteiger partial charge is 0.310 e. The third-order valence-corrected chi connectivity index (χ3v) is 3.42. The Morgan fingerprint density at radius 1 is 1.35 bits per heavy atom. The molecule has 0 atom stereocenters. The van der Waals surface area contributed by atoms with Gasteiger partial charge in [0.1, 0.15) is 0 Å². The van der Waals surface area contributed by atoms with Crippen LogP contribution in [0.25, 0.3) is 10.9 Å². The van der Waals surface area contributed by atoms with E-state index in [4.69, 9.17) is 0 Å². The molecule has 1 heterocycles. The van der Waals surface area contributed by atoms with Gasteiger partial charge in [0, 0.05) is 30.8 Å². The van der Waals surface area contributed by atoms with Crippen LogP contribution >= 0.6 is 11.8 Å². The van der Waals surface area contributed by atoms with Crippen molar-refractivity contribution in [1.82, 2.24) is 15.1 Å².